The highest BCUT2D eigenvalue weighted by molar-refractivity contribution is 6.42. The summed E-state index contributed by atoms with van der Waals surface area (Å²) in [5.74, 6) is -6.80. The first-order valence-electron chi connectivity index (χ1n) is 20.3. The molecule has 3 rings (SSSR count). The molecule has 0 heterocycles. The zero-order valence-corrected chi connectivity index (χ0v) is 36.7. The standard InChI is InChI=1S/C42H57Cl2N7O11/c1-23(2)18-31(38(56)49-33(41(59)60)21-25-10-15-28(43)29(44)19-25)47-39(57)34(22-36(53)54)51(3)40(58)32(20-24-8-6-5-7-9-24)48-37(55)30(16-17-35(45)52)50-42(61)46-26-11-13-27(62-4)14-12-26/h10-15,19,23-24,30-34H,5-9,16-18,20-22H2,1-4H3,(H2,45,52)(H,47,57)(H,48,55)(H,49,56)(H,53,54)(H,59,60)(H2,46,50,61)/t30-,31-,32-,33-,34-/m0/s1. The Morgan fingerprint density at radius 2 is 1.42 bits per heavy atom. The van der Waals surface area contributed by atoms with Gasteiger partial charge in [-0.15, -0.1) is 0 Å². The second kappa shape index (κ2) is 24.7. The zero-order valence-electron chi connectivity index (χ0n) is 35.2. The Hall–Kier alpha value is -5.62. The van der Waals surface area contributed by atoms with Crippen LogP contribution in [-0.4, -0.2) is 107 Å². The summed E-state index contributed by atoms with van der Waals surface area (Å²) in [5.41, 5.74) is 6.20. The Balaban J connectivity index is 1.87. The van der Waals surface area contributed by atoms with Crippen molar-refractivity contribution in [3.05, 3.63) is 58.1 Å². The van der Waals surface area contributed by atoms with E-state index < -0.39 is 84.1 Å². The van der Waals surface area contributed by atoms with Crippen molar-refractivity contribution in [2.24, 2.45) is 17.6 Å². The third-order valence-electron chi connectivity index (χ3n) is 10.4. The number of methoxy groups -OCH3 is 1. The van der Waals surface area contributed by atoms with Crippen LogP contribution in [0.15, 0.2) is 42.5 Å². The Bertz CT molecular complexity index is 1910. The molecule has 18 nitrogen and oxygen atoms in total. The smallest absolute Gasteiger partial charge is 0.326 e. The van der Waals surface area contributed by atoms with Crippen molar-refractivity contribution >= 4 is 76.4 Å². The number of carbonyl (C=O) groups is 8. The number of nitrogens with one attached hydrogen (secondary N) is 5. The molecule has 1 aliphatic carbocycles. The molecule has 0 unspecified atom stereocenters. The van der Waals surface area contributed by atoms with Gasteiger partial charge in [-0.05, 0) is 73.1 Å². The summed E-state index contributed by atoms with van der Waals surface area (Å²) in [6, 6.07) is 2.89. The van der Waals surface area contributed by atoms with E-state index in [1.54, 1.807) is 44.2 Å². The maximum atomic E-state index is 14.4. The Labute approximate surface area is 370 Å². The summed E-state index contributed by atoms with van der Waals surface area (Å²) in [7, 11) is 2.69. The molecule has 62 heavy (non-hydrogen) atoms. The van der Waals surface area contributed by atoms with Crippen LogP contribution in [0.5, 0.6) is 5.75 Å². The summed E-state index contributed by atoms with van der Waals surface area (Å²) in [6.45, 7) is 3.52. The number of nitrogens with two attached hydrogens (primary N) is 1. The van der Waals surface area contributed by atoms with Crippen molar-refractivity contribution in [1.82, 2.24) is 26.2 Å². The number of aliphatic carboxylic acids is 2. The molecule has 7 amide bonds. The molecule has 340 valence electrons. The number of carbonyl (C=O) groups excluding carboxylic acids is 6. The molecule has 1 saturated carbocycles. The van der Waals surface area contributed by atoms with E-state index in [-0.39, 0.29) is 54.0 Å². The van der Waals surface area contributed by atoms with Crippen molar-refractivity contribution in [2.45, 2.75) is 115 Å². The minimum Gasteiger partial charge on any atom is -0.497 e. The monoisotopic (exact) mass is 905 g/mol. The summed E-state index contributed by atoms with van der Waals surface area (Å²) >= 11 is 12.1. The first-order chi connectivity index (χ1) is 29.3. The molecule has 0 bridgehead atoms. The lowest BCUT2D eigenvalue weighted by atomic mass is 9.84. The molecule has 1 aliphatic rings. The number of benzene rings is 2. The minimum absolute atomic E-state index is 0.0141. The van der Waals surface area contributed by atoms with Gasteiger partial charge in [-0.1, -0.05) is 75.2 Å². The number of nitrogens with zero attached hydrogens (tertiary/aromatic N) is 1. The number of ether oxygens (including phenoxy) is 1. The van der Waals surface area contributed by atoms with Crippen LogP contribution in [0.3, 0.4) is 0 Å². The second-order valence-electron chi connectivity index (χ2n) is 15.8. The van der Waals surface area contributed by atoms with Crippen molar-refractivity contribution in [3.8, 4) is 5.75 Å². The van der Waals surface area contributed by atoms with Gasteiger partial charge in [-0.3, -0.25) is 28.8 Å². The quantitative estimate of drug-likeness (QED) is 0.0793. The van der Waals surface area contributed by atoms with Crippen molar-refractivity contribution in [1.29, 1.82) is 0 Å². The molecule has 2 aromatic carbocycles. The molecule has 0 spiro atoms. The molecule has 0 aromatic heterocycles. The number of primary amides is 1. The van der Waals surface area contributed by atoms with E-state index in [9.17, 15) is 48.6 Å². The molecule has 5 atom stereocenters. The van der Waals surface area contributed by atoms with Gasteiger partial charge in [0.15, 0.2) is 0 Å². The lowest BCUT2D eigenvalue weighted by Crippen LogP contribution is -2.60. The molecular weight excluding hydrogens is 849 g/mol. The molecule has 2 aromatic rings. The average Bonchev–Trinajstić information content (AvgIpc) is 3.21. The molecule has 0 saturated heterocycles. The Morgan fingerprint density at radius 3 is 1.98 bits per heavy atom. The van der Waals surface area contributed by atoms with Crippen molar-refractivity contribution in [2.75, 3.05) is 19.5 Å². The van der Waals surface area contributed by atoms with E-state index in [0.29, 0.717) is 17.0 Å². The third-order valence-corrected chi connectivity index (χ3v) is 11.2. The summed E-state index contributed by atoms with van der Waals surface area (Å²) in [6.07, 6.45) is 2.76. The van der Waals surface area contributed by atoms with Gasteiger partial charge in [0.05, 0.1) is 23.6 Å². The number of halogens is 2. The summed E-state index contributed by atoms with van der Waals surface area (Å²) in [5, 5.41) is 33.1. The van der Waals surface area contributed by atoms with Gasteiger partial charge in [0.25, 0.3) is 0 Å². The van der Waals surface area contributed by atoms with Gasteiger partial charge in [-0.25, -0.2) is 9.59 Å². The van der Waals surface area contributed by atoms with E-state index >= 15 is 0 Å². The van der Waals surface area contributed by atoms with Crippen LogP contribution in [0.1, 0.15) is 83.6 Å². The predicted molar refractivity (Wildman–Crippen MR) is 230 cm³/mol. The summed E-state index contributed by atoms with van der Waals surface area (Å²) in [4.78, 5) is 106. The van der Waals surface area contributed by atoms with Crippen LogP contribution >= 0.6 is 23.2 Å². The van der Waals surface area contributed by atoms with Gasteiger partial charge < -0.3 is 52.2 Å². The first kappa shape index (κ1) is 50.7. The zero-order chi connectivity index (χ0) is 46.1. The number of hydrogen-bond acceptors (Lipinski definition) is 9. The maximum Gasteiger partial charge on any atom is 0.326 e. The fraction of sp³-hybridized carbons (Fsp3) is 0.524. The largest absolute Gasteiger partial charge is 0.497 e. The molecular formula is C42H57Cl2N7O11. The van der Waals surface area contributed by atoms with E-state index in [1.165, 1.54) is 26.3 Å². The number of likely N-dealkylation sites (N-methyl/N-ethyl adjacent to an activating group) is 1. The van der Waals surface area contributed by atoms with Crippen LogP contribution < -0.4 is 37.1 Å². The fourth-order valence-corrected chi connectivity index (χ4v) is 7.44. The maximum absolute atomic E-state index is 14.4. The van der Waals surface area contributed by atoms with Gasteiger partial charge in [0.2, 0.25) is 29.5 Å². The molecule has 20 heteroatoms. The third kappa shape index (κ3) is 16.7. The van der Waals surface area contributed by atoms with Crippen molar-refractivity contribution < 1.29 is 53.3 Å². The minimum atomic E-state index is -1.70. The van der Waals surface area contributed by atoms with Crippen LogP contribution in [-0.2, 0) is 40.0 Å². The number of anilines is 1. The molecule has 1 fully saturated rings. The van der Waals surface area contributed by atoms with Crippen molar-refractivity contribution in [3.63, 3.8) is 0 Å². The first-order valence-corrected chi connectivity index (χ1v) is 21.1. The highest BCUT2D eigenvalue weighted by atomic mass is 35.5. The number of hydrogen-bond donors (Lipinski definition) is 8. The topological polar surface area (TPSA) is 276 Å². The average molecular weight is 907 g/mol. The van der Waals surface area contributed by atoms with E-state index in [2.05, 4.69) is 26.6 Å². The molecule has 0 radical (unpaired) electrons. The lowest BCUT2D eigenvalue weighted by molar-refractivity contribution is -0.148. The van der Waals surface area contributed by atoms with Crippen LogP contribution in [0.2, 0.25) is 10.0 Å². The van der Waals surface area contributed by atoms with Crippen LogP contribution in [0.4, 0.5) is 10.5 Å². The predicted octanol–water partition coefficient (Wildman–Crippen LogP) is 3.86. The fourth-order valence-electron chi connectivity index (χ4n) is 7.12. The lowest BCUT2D eigenvalue weighted by Gasteiger charge is -2.34. The number of carboxylic acid groups (broad SMARTS) is 2. The highest BCUT2D eigenvalue weighted by Gasteiger charge is 2.38. The van der Waals surface area contributed by atoms with E-state index in [1.807, 2.05) is 0 Å². The molecule has 9 N–H and O–H groups in total. The molecule has 0 aliphatic heterocycles. The van der Waals surface area contributed by atoms with E-state index in [4.69, 9.17) is 33.7 Å². The normalized spacial score (nSPS) is 15.1. The van der Waals surface area contributed by atoms with Crippen LogP contribution in [0.25, 0.3) is 0 Å². The van der Waals surface area contributed by atoms with Gasteiger partial charge >= 0.3 is 18.0 Å². The van der Waals surface area contributed by atoms with Gasteiger partial charge in [0, 0.05) is 25.6 Å². The Kier molecular flexibility index (Phi) is 20.2. The SMILES string of the molecule is COc1ccc(NC(=O)N[C@@H](CCC(N)=O)C(=O)N[C@@H](CC2CCCCC2)C(=O)N(C)[C@@H](CC(=O)O)C(=O)N[C@@H](CC(C)C)C(=O)N[C@@H](Cc2ccc(Cl)c(Cl)c2)C(=O)O)cc1. The van der Waals surface area contributed by atoms with Gasteiger partial charge in [-0.2, -0.15) is 0 Å². The summed E-state index contributed by atoms with van der Waals surface area (Å²) < 4.78 is 5.13. The van der Waals surface area contributed by atoms with Crippen LogP contribution in [0, 0.1) is 11.8 Å². The number of urea groups is 1. The number of carboxylic acids is 2. The van der Waals surface area contributed by atoms with E-state index in [0.717, 1.165) is 37.0 Å². The highest BCUT2D eigenvalue weighted by Crippen LogP contribution is 2.28. The Morgan fingerprint density at radius 1 is 0.806 bits per heavy atom. The second-order valence-corrected chi connectivity index (χ2v) is 16.6. The van der Waals surface area contributed by atoms with Gasteiger partial charge in [0.1, 0.15) is 36.0 Å². The number of rotatable bonds is 23. The number of amides is 7.